The molecule has 2 N–H and O–H groups in total. The summed E-state index contributed by atoms with van der Waals surface area (Å²) in [7, 11) is 2.37. The van der Waals surface area contributed by atoms with E-state index < -0.39 is 0 Å². The topological polar surface area (TPSA) is 29.3 Å². The Balaban J connectivity index is 2.23. The molecule has 2 nitrogen and oxygen atoms in total. The Labute approximate surface area is 120 Å². The fraction of sp³-hybridized carbons (Fsp3) is 1.00. The van der Waals surface area contributed by atoms with Crippen molar-refractivity contribution in [3.8, 4) is 0 Å². The van der Waals surface area contributed by atoms with E-state index in [0.717, 1.165) is 18.5 Å². The molecule has 0 aliphatic heterocycles. The van der Waals surface area contributed by atoms with Gasteiger partial charge < -0.3 is 5.73 Å². The summed E-state index contributed by atoms with van der Waals surface area (Å²) in [5.41, 5.74) is 6.90. The van der Waals surface area contributed by atoms with E-state index >= 15 is 0 Å². The first kappa shape index (κ1) is 15.3. The summed E-state index contributed by atoms with van der Waals surface area (Å²) in [6, 6.07) is 0.745. The molecule has 2 aliphatic carbocycles. The van der Waals surface area contributed by atoms with Gasteiger partial charge in [-0.25, -0.2) is 0 Å². The fourth-order valence-electron chi connectivity index (χ4n) is 4.92. The molecule has 0 aromatic rings. The van der Waals surface area contributed by atoms with Crippen molar-refractivity contribution >= 4 is 0 Å². The van der Waals surface area contributed by atoms with Crippen LogP contribution in [0.3, 0.4) is 0 Å². The van der Waals surface area contributed by atoms with Crippen molar-refractivity contribution in [3.63, 3.8) is 0 Å². The van der Waals surface area contributed by atoms with Gasteiger partial charge in [-0.1, -0.05) is 46.5 Å². The minimum absolute atomic E-state index is 0.224. The van der Waals surface area contributed by atoms with Crippen molar-refractivity contribution in [2.45, 2.75) is 83.7 Å². The van der Waals surface area contributed by atoms with Gasteiger partial charge in [-0.2, -0.15) is 0 Å². The predicted octanol–water partition coefficient (Wildman–Crippen LogP) is 3.79. The van der Waals surface area contributed by atoms with Gasteiger partial charge in [0, 0.05) is 18.1 Å². The third-order valence-electron chi connectivity index (χ3n) is 6.48. The molecule has 19 heavy (non-hydrogen) atoms. The second-order valence-corrected chi connectivity index (χ2v) is 7.77. The second kappa shape index (κ2) is 5.73. The number of nitrogens with zero attached hydrogens (tertiary/aromatic N) is 1. The van der Waals surface area contributed by atoms with Crippen LogP contribution >= 0.6 is 0 Å². The average molecular weight is 266 g/mol. The van der Waals surface area contributed by atoms with E-state index in [0.29, 0.717) is 5.41 Å². The maximum atomic E-state index is 6.33. The highest BCUT2D eigenvalue weighted by Crippen LogP contribution is 2.48. The molecule has 2 aliphatic rings. The van der Waals surface area contributed by atoms with E-state index in [1.165, 1.54) is 51.4 Å². The normalized spacial score (nSPS) is 39.5. The van der Waals surface area contributed by atoms with Gasteiger partial charge in [0.05, 0.1) is 0 Å². The highest BCUT2D eigenvalue weighted by Gasteiger charge is 2.50. The summed E-state index contributed by atoms with van der Waals surface area (Å²) < 4.78 is 0. The lowest BCUT2D eigenvalue weighted by atomic mass is 9.61. The minimum Gasteiger partial charge on any atom is -0.329 e. The molecule has 2 rings (SSSR count). The van der Waals surface area contributed by atoms with Crippen LogP contribution < -0.4 is 5.73 Å². The molecule has 0 aromatic carbocycles. The van der Waals surface area contributed by atoms with E-state index in [-0.39, 0.29) is 5.54 Å². The Morgan fingerprint density at radius 3 is 2.26 bits per heavy atom. The van der Waals surface area contributed by atoms with Gasteiger partial charge in [0.15, 0.2) is 0 Å². The molecule has 3 atom stereocenters. The summed E-state index contributed by atoms with van der Waals surface area (Å²) in [4.78, 5) is 2.72. The molecular weight excluding hydrogens is 232 g/mol. The first-order valence-corrected chi connectivity index (χ1v) is 8.38. The molecule has 0 saturated heterocycles. The van der Waals surface area contributed by atoms with Crippen molar-refractivity contribution in [1.82, 2.24) is 4.90 Å². The standard InChI is InChI=1S/C17H34N2/c1-14-9-5-6-10-15(14)19(4)17(13-18)12-8-7-11-16(17,2)3/h14-15H,5-13,18H2,1-4H3. The third-order valence-corrected chi connectivity index (χ3v) is 6.48. The van der Waals surface area contributed by atoms with E-state index in [1.54, 1.807) is 0 Å². The molecule has 0 aromatic heterocycles. The highest BCUT2D eigenvalue weighted by atomic mass is 15.2. The molecule has 0 amide bonds. The van der Waals surface area contributed by atoms with E-state index in [4.69, 9.17) is 5.73 Å². The minimum atomic E-state index is 0.224. The monoisotopic (exact) mass is 266 g/mol. The predicted molar refractivity (Wildman–Crippen MR) is 83.2 cm³/mol. The SMILES string of the molecule is CC1CCCCC1N(C)C1(CN)CCCCC1(C)C. The van der Waals surface area contributed by atoms with Crippen molar-refractivity contribution < 1.29 is 0 Å². The zero-order valence-corrected chi connectivity index (χ0v) is 13.5. The fourth-order valence-corrected chi connectivity index (χ4v) is 4.92. The van der Waals surface area contributed by atoms with Crippen LogP contribution in [0.15, 0.2) is 0 Å². The number of hydrogen-bond donors (Lipinski definition) is 1. The largest absolute Gasteiger partial charge is 0.329 e. The molecule has 112 valence electrons. The lowest BCUT2D eigenvalue weighted by molar-refractivity contribution is -0.0699. The first-order chi connectivity index (χ1) is 8.94. The summed E-state index contributed by atoms with van der Waals surface area (Å²) in [6.07, 6.45) is 10.9. The Morgan fingerprint density at radius 2 is 1.68 bits per heavy atom. The molecule has 2 saturated carbocycles. The van der Waals surface area contributed by atoms with E-state index in [2.05, 4.69) is 32.7 Å². The average Bonchev–Trinajstić information content (AvgIpc) is 2.38. The molecular formula is C17H34N2. The highest BCUT2D eigenvalue weighted by molar-refractivity contribution is 5.06. The Hall–Kier alpha value is -0.0800. The lowest BCUT2D eigenvalue weighted by Gasteiger charge is -2.58. The molecule has 0 radical (unpaired) electrons. The van der Waals surface area contributed by atoms with Crippen LogP contribution in [0.4, 0.5) is 0 Å². The van der Waals surface area contributed by atoms with Gasteiger partial charge >= 0.3 is 0 Å². The molecule has 3 unspecified atom stereocenters. The van der Waals surface area contributed by atoms with Crippen LogP contribution in [0.2, 0.25) is 0 Å². The third kappa shape index (κ3) is 2.58. The van der Waals surface area contributed by atoms with Crippen molar-refractivity contribution in [2.75, 3.05) is 13.6 Å². The number of likely N-dealkylation sites (N-methyl/N-ethyl adjacent to an activating group) is 1. The van der Waals surface area contributed by atoms with Gasteiger partial charge in [-0.15, -0.1) is 0 Å². The first-order valence-electron chi connectivity index (χ1n) is 8.38. The van der Waals surface area contributed by atoms with Gasteiger partial charge in [-0.3, -0.25) is 4.90 Å². The van der Waals surface area contributed by atoms with Crippen LogP contribution in [-0.2, 0) is 0 Å². The van der Waals surface area contributed by atoms with Gasteiger partial charge in [-0.05, 0) is 44.1 Å². The zero-order valence-electron chi connectivity index (χ0n) is 13.5. The quantitative estimate of drug-likeness (QED) is 0.842. The Morgan fingerprint density at radius 1 is 1.05 bits per heavy atom. The van der Waals surface area contributed by atoms with Crippen LogP contribution in [0.5, 0.6) is 0 Å². The second-order valence-electron chi connectivity index (χ2n) is 7.77. The zero-order chi connectivity index (χ0) is 14.1. The van der Waals surface area contributed by atoms with Crippen LogP contribution in [-0.4, -0.2) is 30.1 Å². The maximum Gasteiger partial charge on any atom is 0.0382 e. The number of rotatable bonds is 3. The van der Waals surface area contributed by atoms with Crippen molar-refractivity contribution in [3.05, 3.63) is 0 Å². The molecule has 2 heteroatoms. The summed E-state index contributed by atoms with van der Waals surface area (Å²) in [5, 5.41) is 0. The van der Waals surface area contributed by atoms with Crippen LogP contribution in [0, 0.1) is 11.3 Å². The van der Waals surface area contributed by atoms with Gasteiger partial charge in [0.25, 0.3) is 0 Å². The Bertz CT molecular complexity index is 300. The maximum absolute atomic E-state index is 6.33. The van der Waals surface area contributed by atoms with E-state index in [9.17, 15) is 0 Å². The lowest BCUT2D eigenvalue weighted by Crippen LogP contribution is -2.66. The number of nitrogens with two attached hydrogens (primary N) is 1. The Kier molecular flexibility index (Phi) is 4.62. The molecule has 0 bridgehead atoms. The number of hydrogen-bond acceptors (Lipinski definition) is 2. The van der Waals surface area contributed by atoms with Gasteiger partial charge in [0.2, 0.25) is 0 Å². The van der Waals surface area contributed by atoms with E-state index in [1.807, 2.05) is 0 Å². The van der Waals surface area contributed by atoms with Crippen molar-refractivity contribution in [2.24, 2.45) is 17.1 Å². The molecule has 0 spiro atoms. The molecule has 2 fully saturated rings. The summed E-state index contributed by atoms with van der Waals surface area (Å²) in [6.45, 7) is 8.16. The van der Waals surface area contributed by atoms with Gasteiger partial charge in [0.1, 0.15) is 0 Å². The van der Waals surface area contributed by atoms with Crippen LogP contribution in [0.25, 0.3) is 0 Å². The van der Waals surface area contributed by atoms with Crippen LogP contribution in [0.1, 0.15) is 72.1 Å². The smallest absolute Gasteiger partial charge is 0.0382 e. The van der Waals surface area contributed by atoms with Crippen molar-refractivity contribution in [1.29, 1.82) is 0 Å². The molecule has 0 heterocycles. The summed E-state index contributed by atoms with van der Waals surface area (Å²) >= 11 is 0. The summed E-state index contributed by atoms with van der Waals surface area (Å²) in [5.74, 6) is 0.833.